The van der Waals surface area contributed by atoms with Gasteiger partial charge in [0, 0.05) is 11.1 Å². The first kappa shape index (κ1) is 8.68. The lowest BCUT2D eigenvalue weighted by Crippen LogP contribution is -2.86. The lowest BCUT2D eigenvalue weighted by Gasteiger charge is -2.00. The minimum absolute atomic E-state index is 0.666. The van der Waals surface area contributed by atoms with E-state index in [4.69, 9.17) is 0 Å². The highest BCUT2D eigenvalue weighted by molar-refractivity contribution is 7.09. The summed E-state index contributed by atoms with van der Waals surface area (Å²) < 4.78 is 0. The molecule has 11 heavy (non-hydrogen) atoms. The van der Waals surface area contributed by atoms with Gasteiger partial charge in [0.2, 0.25) is 0 Å². The Morgan fingerprint density at radius 3 is 2.82 bits per heavy atom. The van der Waals surface area contributed by atoms with E-state index in [2.05, 4.69) is 29.5 Å². The minimum atomic E-state index is 0.666. The second-order valence-corrected chi connectivity index (χ2v) is 4.01. The summed E-state index contributed by atoms with van der Waals surface area (Å²) in [4.78, 5) is 4.37. The Morgan fingerprint density at radius 2 is 2.36 bits per heavy atom. The van der Waals surface area contributed by atoms with Gasteiger partial charge in [-0.15, -0.1) is 11.3 Å². The van der Waals surface area contributed by atoms with E-state index in [-0.39, 0.29) is 0 Å². The lowest BCUT2D eigenvalue weighted by atomic mass is 10.4. The fraction of sp³-hybridized carbons (Fsp3) is 0.625. The molecule has 1 rings (SSSR count). The molecular weight excluding hydrogens is 156 g/mol. The summed E-state index contributed by atoms with van der Waals surface area (Å²) in [5.41, 5.74) is 1.14. The van der Waals surface area contributed by atoms with Crippen LogP contribution in [0.2, 0.25) is 0 Å². The highest BCUT2D eigenvalue weighted by atomic mass is 32.1. The van der Waals surface area contributed by atoms with Crippen molar-refractivity contribution in [3.63, 3.8) is 0 Å². The van der Waals surface area contributed by atoms with Crippen LogP contribution >= 0.6 is 11.3 Å². The first-order valence-corrected chi connectivity index (χ1v) is 4.81. The highest BCUT2D eigenvalue weighted by Crippen LogP contribution is 2.06. The van der Waals surface area contributed by atoms with Crippen LogP contribution in [0, 0.1) is 6.92 Å². The Balaban J connectivity index is 2.39. The number of quaternary nitrogens is 1. The Bertz CT molecular complexity index is 218. The maximum Gasteiger partial charge on any atom is 0.147 e. The summed E-state index contributed by atoms with van der Waals surface area (Å²) in [5, 5.41) is 5.62. The zero-order chi connectivity index (χ0) is 8.27. The van der Waals surface area contributed by atoms with Crippen LogP contribution in [-0.2, 0) is 6.54 Å². The summed E-state index contributed by atoms with van der Waals surface area (Å²) in [7, 11) is 0. The van der Waals surface area contributed by atoms with Crippen molar-refractivity contribution >= 4 is 11.3 Å². The van der Waals surface area contributed by atoms with Crippen LogP contribution in [0.5, 0.6) is 0 Å². The number of rotatable bonds is 3. The van der Waals surface area contributed by atoms with E-state index in [0.717, 1.165) is 12.2 Å². The van der Waals surface area contributed by atoms with Gasteiger partial charge in [0.25, 0.3) is 0 Å². The van der Waals surface area contributed by atoms with E-state index >= 15 is 0 Å². The molecule has 0 aliphatic rings. The molecule has 0 aliphatic heterocycles. The molecule has 0 radical (unpaired) electrons. The molecule has 2 N–H and O–H groups in total. The van der Waals surface area contributed by atoms with Gasteiger partial charge in [0.15, 0.2) is 0 Å². The van der Waals surface area contributed by atoms with Gasteiger partial charge >= 0.3 is 0 Å². The molecule has 3 heteroatoms. The number of aryl methyl sites for hydroxylation is 1. The van der Waals surface area contributed by atoms with E-state index < -0.39 is 0 Å². The van der Waals surface area contributed by atoms with Gasteiger partial charge in [0.1, 0.15) is 11.6 Å². The largest absolute Gasteiger partial charge is 0.339 e. The standard InChI is InChI=1S/C8H14N2S/c1-6(2)9-4-8-10-7(3)5-11-8/h5-6,9H,4H2,1-3H3/p+1. The van der Waals surface area contributed by atoms with Gasteiger partial charge < -0.3 is 5.32 Å². The van der Waals surface area contributed by atoms with Crippen LogP contribution in [0.15, 0.2) is 5.38 Å². The number of nitrogens with two attached hydrogens (primary N) is 1. The molecule has 0 atom stereocenters. The van der Waals surface area contributed by atoms with E-state index in [1.165, 1.54) is 5.01 Å². The van der Waals surface area contributed by atoms with Crippen LogP contribution in [-0.4, -0.2) is 11.0 Å². The maximum absolute atomic E-state index is 4.37. The monoisotopic (exact) mass is 171 g/mol. The molecule has 0 saturated heterocycles. The Hall–Kier alpha value is -0.410. The van der Waals surface area contributed by atoms with Crippen molar-refractivity contribution < 1.29 is 5.32 Å². The third-order valence-electron chi connectivity index (χ3n) is 1.43. The molecular formula is C8H15N2S+. The quantitative estimate of drug-likeness (QED) is 0.720. The molecule has 0 fully saturated rings. The summed E-state index contributed by atoms with van der Waals surface area (Å²) in [6.07, 6.45) is 0. The fourth-order valence-corrected chi connectivity index (χ4v) is 1.58. The molecule has 0 amide bonds. The Morgan fingerprint density at radius 1 is 1.64 bits per heavy atom. The van der Waals surface area contributed by atoms with Crippen LogP contribution in [0.1, 0.15) is 24.5 Å². The van der Waals surface area contributed by atoms with Crippen molar-refractivity contribution in [2.75, 3.05) is 0 Å². The van der Waals surface area contributed by atoms with Crippen molar-refractivity contribution in [2.24, 2.45) is 0 Å². The zero-order valence-corrected chi connectivity index (χ0v) is 8.11. The first-order valence-electron chi connectivity index (χ1n) is 3.93. The Kier molecular flexibility index (Phi) is 3.02. The summed E-state index contributed by atoms with van der Waals surface area (Å²) in [6.45, 7) is 7.45. The van der Waals surface area contributed by atoms with Gasteiger partial charge in [-0.3, -0.25) is 0 Å². The van der Waals surface area contributed by atoms with Gasteiger partial charge in [-0.05, 0) is 20.8 Å². The fourth-order valence-electron chi connectivity index (χ4n) is 0.833. The number of aromatic nitrogens is 1. The van der Waals surface area contributed by atoms with Gasteiger partial charge in [0.05, 0.1) is 6.04 Å². The molecule has 0 aliphatic carbocycles. The molecule has 0 spiro atoms. The van der Waals surface area contributed by atoms with Crippen molar-refractivity contribution in [2.45, 2.75) is 33.4 Å². The van der Waals surface area contributed by atoms with Crippen LogP contribution in [0.3, 0.4) is 0 Å². The molecule has 1 heterocycles. The average Bonchev–Trinajstić information content (AvgIpc) is 2.31. The third-order valence-corrected chi connectivity index (χ3v) is 2.42. The molecule has 62 valence electrons. The topological polar surface area (TPSA) is 29.5 Å². The second-order valence-electron chi connectivity index (χ2n) is 3.07. The molecule has 1 aromatic heterocycles. The van der Waals surface area contributed by atoms with Gasteiger partial charge in [-0.25, -0.2) is 4.98 Å². The number of hydrogen-bond donors (Lipinski definition) is 1. The van der Waals surface area contributed by atoms with Crippen LogP contribution in [0.4, 0.5) is 0 Å². The van der Waals surface area contributed by atoms with Crippen molar-refractivity contribution in [1.29, 1.82) is 0 Å². The van der Waals surface area contributed by atoms with E-state index in [0.29, 0.717) is 6.04 Å². The smallest absolute Gasteiger partial charge is 0.147 e. The lowest BCUT2D eigenvalue weighted by molar-refractivity contribution is -0.698. The minimum Gasteiger partial charge on any atom is -0.339 e. The third kappa shape index (κ3) is 2.99. The second kappa shape index (κ2) is 3.83. The predicted octanol–water partition coefficient (Wildman–Crippen LogP) is 0.923. The Labute approximate surface area is 71.7 Å². The van der Waals surface area contributed by atoms with Crippen molar-refractivity contribution in [3.05, 3.63) is 16.1 Å². The summed E-state index contributed by atoms with van der Waals surface area (Å²) in [6, 6.07) is 0.666. The molecule has 0 aromatic carbocycles. The molecule has 0 unspecified atom stereocenters. The zero-order valence-electron chi connectivity index (χ0n) is 7.29. The van der Waals surface area contributed by atoms with Gasteiger partial charge in [-0.2, -0.15) is 0 Å². The molecule has 2 nitrogen and oxygen atoms in total. The van der Waals surface area contributed by atoms with Crippen molar-refractivity contribution in [1.82, 2.24) is 4.98 Å². The predicted molar refractivity (Wildman–Crippen MR) is 47.6 cm³/mol. The van der Waals surface area contributed by atoms with Gasteiger partial charge in [-0.1, -0.05) is 0 Å². The molecule has 1 aromatic rings. The van der Waals surface area contributed by atoms with E-state index in [1.54, 1.807) is 11.3 Å². The van der Waals surface area contributed by atoms with Crippen LogP contribution < -0.4 is 5.32 Å². The number of hydrogen-bond acceptors (Lipinski definition) is 2. The van der Waals surface area contributed by atoms with Crippen LogP contribution in [0.25, 0.3) is 0 Å². The summed E-state index contributed by atoms with van der Waals surface area (Å²) >= 11 is 1.75. The number of thiazole rings is 1. The molecule has 0 bridgehead atoms. The first-order chi connectivity index (χ1) is 5.18. The average molecular weight is 171 g/mol. The number of nitrogens with zero attached hydrogens (tertiary/aromatic N) is 1. The van der Waals surface area contributed by atoms with E-state index in [1.807, 2.05) is 6.92 Å². The normalized spacial score (nSPS) is 10.9. The SMILES string of the molecule is Cc1csc(C[NH2+]C(C)C)n1. The summed E-state index contributed by atoms with van der Waals surface area (Å²) in [5.74, 6) is 0. The van der Waals surface area contributed by atoms with E-state index in [9.17, 15) is 0 Å². The molecule has 0 saturated carbocycles. The maximum atomic E-state index is 4.37. The van der Waals surface area contributed by atoms with Crippen molar-refractivity contribution in [3.8, 4) is 0 Å². The highest BCUT2D eigenvalue weighted by Gasteiger charge is 2.01.